The summed E-state index contributed by atoms with van der Waals surface area (Å²) >= 11 is 0. The van der Waals surface area contributed by atoms with Crippen LogP contribution in [0, 0.1) is 17.2 Å². The minimum atomic E-state index is -0.432. The van der Waals surface area contributed by atoms with Gasteiger partial charge in [-0.2, -0.15) is 5.26 Å². The van der Waals surface area contributed by atoms with Crippen LogP contribution in [0.2, 0.25) is 0 Å². The predicted molar refractivity (Wildman–Crippen MR) is 110 cm³/mol. The van der Waals surface area contributed by atoms with Crippen molar-refractivity contribution < 1.29 is 9.59 Å². The molecular formula is C21H24N6O2. The highest BCUT2D eigenvalue weighted by Gasteiger charge is 2.29. The summed E-state index contributed by atoms with van der Waals surface area (Å²) in [5.74, 6) is 0.436. The quantitative estimate of drug-likeness (QED) is 0.749. The number of amides is 2. The number of nitrogens with one attached hydrogen (secondary N) is 2. The molecule has 1 aliphatic carbocycles. The van der Waals surface area contributed by atoms with E-state index >= 15 is 0 Å². The molecule has 0 spiro atoms. The second kappa shape index (κ2) is 8.69. The molecule has 0 aliphatic heterocycles. The molecule has 3 rings (SSSR count). The number of hydrogen-bond donors (Lipinski definition) is 2. The van der Waals surface area contributed by atoms with E-state index in [1.54, 1.807) is 38.5 Å². The number of hydrogen-bond acceptors (Lipinski definition) is 6. The fourth-order valence-corrected chi connectivity index (χ4v) is 2.87. The van der Waals surface area contributed by atoms with Crippen LogP contribution in [0.5, 0.6) is 0 Å². The molecule has 1 atom stereocenters. The summed E-state index contributed by atoms with van der Waals surface area (Å²) in [4.78, 5) is 34.3. The number of carbonyl (C=O) groups excluding carboxylic acids is 2. The summed E-state index contributed by atoms with van der Waals surface area (Å²) in [6, 6.07) is 6.98. The molecule has 0 saturated heterocycles. The SMILES string of the molecule is CCC(Nc1cc(-c2cnc(NC(=O)C3CC3)cn2)ccc1C#N)C(=O)N(C)C. The molecule has 1 saturated carbocycles. The Morgan fingerprint density at radius 1 is 1.28 bits per heavy atom. The molecule has 2 N–H and O–H groups in total. The number of benzene rings is 1. The zero-order chi connectivity index (χ0) is 21.0. The highest BCUT2D eigenvalue weighted by molar-refractivity contribution is 5.93. The Morgan fingerprint density at radius 2 is 2.03 bits per heavy atom. The van der Waals surface area contributed by atoms with Gasteiger partial charge in [0.05, 0.1) is 29.3 Å². The van der Waals surface area contributed by atoms with E-state index in [2.05, 4.69) is 26.7 Å². The van der Waals surface area contributed by atoms with Gasteiger partial charge >= 0.3 is 0 Å². The average Bonchev–Trinajstić information content (AvgIpc) is 3.57. The van der Waals surface area contributed by atoms with Crippen molar-refractivity contribution >= 4 is 23.3 Å². The largest absolute Gasteiger partial charge is 0.373 e. The maximum atomic E-state index is 12.3. The van der Waals surface area contributed by atoms with Crippen LogP contribution in [-0.2, 0) is 9.59 Å². The first-order chi connectivity index (χ1) is 13.9. The van der Waals surface area contributed by atoms with Gasteiger partial charge in [-0.15, -0.1) is 0 Å². The van der Waals surface area contributed by atoms with Crippen molar-refractivity contribution in [3.05, 3.63) is 36.2 Å². The van der Waals surface area contributed by atoms with Gasteiger partial charge < -0.3 is 15.5 Å². The number of aromatic nitrogens is 2. The summed E-state index contributed by atoms with van der Waals surface area (Å²) in [5.41, 5.74) is 2.38. The second-order valence-corrected chi connectivity index (χ2v) is 7.26. The van der Waals surface area contributed by atoms with Crippen molar-refractivity contribution in [2.45, 2.75) is 32.2 Å². The van der Waals surface area contributed by atoms with Crippen LogP contribution in [-0.4, -0.2) is 46.8 Å². The molecule has 0 radical (unpaired) electrons. The summed E-state index contributed by atoms with van der Waals surface area (Å²) in [6.07, 6.45) is 5.53. The highest BCUT2D eigenvalue weighted by atomic mass is 16.2. The standard InChI is InChI=1S/C21H24N6O2/c1-4-16(21(29)27(2)3)25-17-9-14(7-8-15(17)10-22)18-11-24-19(12-23-18)26-20(28)13-5-6-13/h7-9,11-13,16,25H,4-6H2,1-3H3,(H,24,26,28). The van der Waals surface area contributed by atoms with Crippen molar-refractivity contribution in [2.24, 2.45) is 5.92 Å². The third-order valence-electron chi connectivity index (χ3n) is 4.76. The molecule has 2 aromatic rings. The van der Waals surface area contributed by atoms with Gasteiger partial charge in [0.1, 0.15) is 12.1 Å². The number of carbonyl (C=O) groups is 2. The van der Waals surface area contributed by atoms with Crippen molar-refractivity contribution in [2.75, 3.05) is 24.7 Å². The third kappa shape index (κ3) is 4.88. The molecule has 1 unspecified atom stereocenters. The van der Waals surface area contributed by atoms with Crippen LogP contribution in [0.15, 0.2) is 30.6 Å². The second-order valence-electron chi connectivity index (χ2n) is 7.26. The summed E-state index contributed by atoms with van der Waals surface area (Å²) in [6.45, 7) is 1.91. The molecule has 0 bridgehead atoms. The third-order valence-corrected chi connectivity index (χ3v) is 4.76. The summed E-state index contributed by atoms with van der Waals surface area (Å²) in [7, 11) is 3.40. The Labute approximate surface area is 170 Å². The van der Waals surface area contributed by atoms with Crippen LogP contribution >= 0.6 is 0 Å². The van der Waals surface area contributed by atoms with E-state index in [0.29, 0.717) is 29.2 Å². The molecule has 1 aromatic heterocycles. The van der Waals surface area contributed by atoms with E-state index in [4.69, 9.17) is 0 Å². The van der Waals surface area contributed by atoms with Gasteiger partial charge in [0, 0.05) is 25.6 Å². The zero-order valence-corrected chi connectivity index (χ0v) is 16.8. The molecule has 2 amide bonds. The van der Waals surface area contributed by atoms with E-state index in [-0.39, 0.29) is 17.7 Å². The summed E-state index contributed by atoms with van der Waals surface area (Å²) in [5, 5.41) is 15.4. The average molecular weight is 392 g/mol. The van der Waals surface area contributed by atoms with Gasteiger partial charge in [-0.1, -0.05) is 13.0 Å². The Morgan fingerprint density at radius 3 is 2.59 bits per heavy atom. The van der Waals surface area contributed by atoms with E-state index in [0.717, 1.165) is 18.4 Å². The van der Waals surface area contributed by atoms with Crippen LogP contribution in [0.25, 0.3) is 11.3 Å². The van der Waals surface area contributed by atoms with Crippen molar-refractivity contribution in [3.8, 4) is 17.3 Å². The lowest BCUT2D eigenvalue weighted by atomic mass is 10.1. The van der Waals surface area contributed by atoms with Crippen LogP contribution in [0.4, 0.5) is 11.5 Å². The fourth-order valence-electron chi connectivity index (χ4n) is 2.87. The molecule has 1 fully saturated rings. The Hall–Kier alpha value is -3.47. The van der Waals surface area contributed by atoms with E-state index in [1.165, 1.54) is 11.1 Å². The maximum Gasteiger partial charge on any atom is 0.244 e. The molecular weight excluding hydrogens is 368 g/mol. The Balaban J connectivity index is 1.81. The van der Waals surface area contributed by atoms with Gasteiger partial charge in [-0.05, 0) is 31.4 Å². The number of nitriles is 1. The van der Waals surface area contributed by atoms with E-state index < -0.39 is 6.04 Å². The molecule has 1 aliphatic rings. The minimum Gasteiger partial charge on any atom is -0.373 e. The Kier molecular flexibility index (Phi) is 6.07. The molecule has 150 valence electrons. The number of nitrogens with zero attached hydrogens (tertiary/aromatic N) is 4. The Bertz CT molecular complexity index is 945. The first-order valence-electron chi connectivity index (χ1n) is 9.58. The molecule has 1 heterocycles. The van der Waals surface area contributed by atoms with Gasteiger partial charge in [-0.25, -0.2) is 4.98 Å². The van der Waals surface area contributed by atoms with Gasteiger partial charge in [0.25, 0.3) is 0 Å². The lowest BCUT2D eigenvalue weighted by molar-refractivity contribution is -0.129. The molecule has 8 heteroatoms. The van der Waals surface area contributed by atoms with Crippen LogP contribution < -0.4 is 10.6 Å². The number of anilines is 2. The number of likely N-dealkylation sites (N-methyl/N-ethyl adjacent to an activating group) is 1. The molecule has 1 aromatic carbocycles. The highest BCUT2D eigenvalue weighted by Crippen LogP contribution is 2.30. The van der Waals surface area contributed by atoms with Crippen molar-refractivity contribution in [3.63, 3.8) is 0 Å². The van der Waals surface area contributed by atoms with Crippen LogP contribution in [0.3, 0.4) is 0 Å². The minimum absolute atomic E-state index is 0.0203. The lowest BCUT2D eigenvalue weighted by Crippen LogP contribution is -2.38. The topological polar surface area (TPSA) is 111 Å². The first kappa shape index (κ1) is 20.3. The van der Waals surface area contributed by atoms with Crippen molar-refractivity contribution in [1.82, 2.24) is 14.9 Å². The van der Waals surface area contributed by atoms with Gasteiger partial charge in [-0.3, -0.25) is 14.6 Å². The van der Waals surface area contributed by atoms with Crippen molar-refractivity contribution in [1.29, 1.82) is 5.26 Å². The fraction of sp³-hybridized carbons (Fsp3) is 0.381. The monoisotopic (exact) mass is 392 g/mol. The molecule has 29 heavy (non-hydrogen) atoms. The van der Waals surface area contributed by atoms with Gasteiger partial charge in [0.2, 0.25) is 11.8 Å². The molecule has 8 nitrogen and oxygen atoms in total. The van der Waals surface area contributed by atoms with E-state index in [1.807, 2.05) is 6.92 Å². The maximum absolute atomic E-state index is 12.3. The smallest absolute Gasteiger partial charge is 0.244 e. The number of rotatable bonds is 7. The summed E-state index contributed by atoms with van der Waals surface area (Å²) < 4.78 is 0. The van der Waals surface area contributed by atoms with Crippen LogP contribution in [0.1, 0.15) is 31.7 Å². The predicted octanol–water partition coefficient (Wildman–Crippen LogP) is 2.64. The first-order valence-corrected chi connectivity index (χ1v) is 9.58. The lowest BCUT2D eigenvalue weighted by Gasteiger charge is -2.22. The van der Waals surface area contributed by atoms with Gasteiger partial charge in [0.15, 0.2) is 5.82 Å². The van der Waals surface area contributed by atoms with E-state index in [9.17, 15) is 14.9 Å². The normalized spacial score (nSPS) is 13.9. The zero-order valence-electron chi connectivity index (χ0n) is 16.8.